The molecule has 0 saturated carbocycles. The van der Waals surface area contributed by atoms with Gasteiger partial charge in [0.15, 0.2) is 0 Å². The van der Waals surface area contributed by atoms with Crippen molar-refractivity contribution in [2.45, 2.75) is 31.6 Å². The minimum absolute atomic E-state index is 0.0266. The van der Waals surface area contributed by atoms with Gasteiger partial charge in [0, 0.05) is 24.7 Å². The van der Waals surface area contributed by atoms with Crippen molar-refractivity contribution < 1.29 is 58.2 Å². The first kappa shape index (κ1) is 30.6. The normalized spacial score (nSPS) is 12.3. The second-order valence-corrected chi connectivity index (χ2v) is 8.45. The molecule has 216 valence electrons. The van der Waals surface area contributed by atoms with E-state index in [4.69, 9.17) is 4.74 Å². The monoisotopic (exact) mass is 583 g/mol. The zero-order valence-corrected chi connectivity index (χ0v) is 20.6. The van der Waals surface area contributed by atoms with E-state index in [-0.39, 0.29) is 28.5 Å². The summed E-state index contributed by atoms with van der Waals surface area (Å²) in [7, 11) is 2.05. The fraction of sp³-hybridized carbons (Fsp3) is 0.269. The van der Waals surface area contributed by atoms with E-state index in [2.05, 4.69) is 4.74 Å². The average molecular weight is 583 g/mol. The van der Waals surface area contributed by atoms with Crippen LogP contribution in [0.4, 0.5) is 48.7 Å². The Kier molecular flexibility index (Phi) is 8.60. The summed E-state index contributed by atoms with van der Waals surface area (Å²) in [6.45, 7) is -1.64. The van der Waals surface area contributed by atoms with Gasteiger partial charge in [-0.3, -0.25) is 4.90 Å². The predicted octanol–water partition coefficient (Wildman–Crippen LogP) is 8.33. The molecule has 0 aliphatic carbocycles. The van der Waals surface area contributed by atoms with Gasteiger partial charge in [-0.25, -0.2) is 9.18 Å². The molecule has 3 aromatic carbocycles. The molecule has 4 nitrogen and oxygen atoms in total. The van der Waals surface area contributed by atoms with Crippen LogP contribution in [0.25, 0.3) is 11.1 Å². The Balaban J connectivity index is 2.16. The molecule has 0 fully saturated rings. The smallest absolute Gasteiger partial charge is 0.416 e. The topological polar surface area (TPSA) is 38.8 Å². The van der Waals surface area contributed by atoms with E-state index in [1.165, 1.54) is 13.2 Å². The molecule has 0 unspecified atom stereocenters. The molecule has 0 saturated heterocycles. The second-order valence-electron chi connectivity index (χ2n) is 8.45. The van der Waals surface area contributed by atoms with Crippen LogP contribution in [0.15, 0.2) is 54.6 Å². The molecule has 0 bridgehead atoms. The van der Waals surface area contributed by atoms with Crippen LogP contribution in [-0.2, 0) is 36.4 Å². The molecule has 0 atom stereocenters. The Bertz CT molecular complexity index is 1350. The van der Waals surface area contributed by atoms with Crippen molar-refractivity contribution >= 4 is 6.09 Å². The lowest BCUT2D eigenvalue weighted by molar-refractivity contribution is -0.143. The number of hydrogen-bond donors (Lipinski definition) is 0. The van der Waals surface area contributed by atoms with E-state index in [1.54, 1.807) is 0 Å². The fourth-order valence-electron chi connectivity index (χ4n) is 3.90. The molecular formula is C26H19F10NO3. The van der Waals surface area contributed by atoms with Crippen LogP contribution in [0.1, 0.15) is 27.8 Å². The SMILES string of the molecule is COC(=O)N(Cc1cc(C(F)(F)F)cc(C(F)(F)F)c1)Cc1cc(C(F)(F)F)ccc1-c1ccc(F)cc1OC. The van der Waals surface area contributed by atoms with Gasteiger partial charge in [0.1, 0.15) is 11.6 Å². The zero-order valence-electron chi connectivity index (χ0n) is 20.6. The lowest BCUT2D eigenvalue weighted by Crippen LogP contribution is -2.30. The summed E-state index contributed by atoms with van der Waals surface area (Å²) in [4.78, 5) is 13.2. The summed E-state index contributed by atoms with van der Waals surface area (Å²) < 4.78 is 144. The molecule has 40 heavy (non-hydrogen) atoms. The maximum absolute atomic E-state index is 13.7. The van der Waals surface area contributed by atoms with Gasteiger partial charge in [0.05, 0.1) is 30.9 Å². The molecule has 0 heterocycles. The number of rotatable bonds is 6. The summed E-state index contributed by atoms with van der Waals surface area (Å²) in [5.74, 6) is -0.811. The van der Waals surface area contributed by atoms with Crippen molar-refractivity contribution in [3.8, 4) is 16.9 Å². The standard InChI is InChI=1S/C26H19F10NO3/c1-39-22-11-19(27)4-6-21(22)20-5-3-16(24(28,29)30)9-15(20)13-37(23(38)40-2)12-14-7-17(25(31,32)33)10-18(8-14)26(34,35)36/h3-11H,12-13H2,1-2H3. The summed E-state index contributed by atoms with van der Waals surface area (Å²) in [5.41, 5.74) is -5.14. The molecule has 0 spiro atoms. The molecule has 0 aromatic heterocycles. The highest BCUT2D eigenvalue weighted by atomic mass is 19.4. The van der Waals surface area contributed by atoms with E-state index >= 15 is 0 Å². The van der Waals surface area contributed by atoms with E-state index in [1.807, 2.05) is 0 Å². The van der Waals surface area contributed by atoms with Crippen LogP contribution < -0.4 is 4.74 Å². The van der Waals surface area contributed by atoms with Crippen LogP contribution in [0.5, 0.6) is 5.75 Å². The summed E-state index contributed by atoms with van der Waals surface area (Å²) >= 11 is 0. The molecule has 0 N–H and O–H groups in total. The predicted molar refractivity (Wildman–Crippen MR) is 121 cm³/mol. The Morgan fingerprint density at radius 2 is 1.25 bits per heavy atom. The number of ether oxygens (including phenoxy) is 2. The Hall–Kier alpha value is -3.97. The third-order valence-electron chi connectivity index (χ3n) is 5.70. The molecule has 14 heteroatoms. The quantitative estimate of drug-likeness (QED) is 0.274. The van der Waals surface area contributed by atoms with E-state index < -0.39 is 65.8 Å². The molecule has 3 aromatic rings. The first-order valence-electron chi connectivity index (χ1n) is 11.1. The fourth-order valence-corrected chi connectivity index (χ4v) is 3.90. The van der Waals surface area contributed by atoms with Crippen molar-refractivity contribution in [3.05, 3.63) is 88.2 Å². The third kappa shape index (κ3) is 7.16. The third-order valence-corrected chi connectivity index (χ3v) is 5.70. The summed E-state index contributed by atoms with van der Waals surface area (Å²) in [6.07, 6.45) is -16.4. The van der Waals surface area contributed by atoms with Gasteiger partial charge in [-0.15, -0.1) is 0 Å². The molecule has 0 aliphatic rings. The van der Waals surface area contributed by atoms with Crippen molar-refractivity contribution in [2.24, 2.45) is 0 Å². The number of hydrogen-bond acceptors (Lipinski definition) is 3. The number of amides is 1. The van der Waals surface area contributed by atoms with Gasteiger partial charge in [-0.1, -0.05) is 6.07 Å². The van der Waals surface area contributed by atoms with Crippen molar-refractivity contribution in [1.82, 2.24) is 4.90 Å². The van der Waals surface area contributed by atoms with Gasteiger partial charge in [-0.05, 0) is 59.2 Å². The van der Waals surface area contributed by atoms with E-state index in [9.17, 15) is 48.7 Å². The Morgan fingerprint density at radius 1 is 0.700 bits per heavy atom. The zero-order chi connectivity index (χ0) is 30.0. The highest BCUT2D eigenvalue weighted by molar-refractivity contribution is 5.75. The van der Waals surface area contributed by atoms with Gasteiger partial charge < -0.3 is 9.47 Å². The summed E-state index contributed by atoms with van der Waals surface area (Å²) in [5, 5.41) is 0. The van der Waals surface area contributed by atoms with Crippen LogP contribution >= 0.6 is 0 Å². The molecule has 1 amide bonds. The average Bonchev–Trinajstić information content (AvgIpc) is 2.86. The van der Waals surface area contributed by atoms with Gasteiger partial charge in [-0.2, -0.15) is 39.5 Å². The molecule has 0 aliphatic heterocycles. The molecule has 3 rings (SSSR count). The largest absolute Gasteiger partial charge is 0.496 e. The number of halogens is 10. The van der Waals surface area contributed by atoms with E-state index in [0.29, 0.717) is 29.2 Å². The Morgan fingerprint density at radius 3 is 1.75 bits per heavy atom. The molecule has 0 radical (unpaired) electrons. The van der Waals surface area contributed by atoms with Crippen molar-refractivity contribution in [3.63, 3.8) is 0 Å². The lowest BCUT2D eigenvalue weighted by atomic mass is 9.95. The maximum atomic E-state index is 13.7. The number of carbonyl (C=O) groups excluding carboxylic acids is 1. The number of carbonyl (C=O) groups is 1. The maximum Gasteiger partial charge on any atom is 0.416 e. The second kappa shape index (κ2) is 11.3. The minimum atomic E-state index is -5.17. The van der Waals surface area contributed by atoms with Crippen LogP contribution in [0.3, 0.4) is 0 Å². The first-order valence-corrected chi connectivity index (χ1v) is 11.1. The minimum Gasteiger partial charge on any atom is -0.496 e. The number of nitrogens with zero attached hydrogens (tertiary/aromatic N) is 1. The van der Waals surface area contributed by atoms with Crippen molar-refractivity contribution in [2.75, 3.05) is 14.2 Å². The Labute approximate surface area is 220 Å². The highest BCUT2D eigenvalue weighted by Gasteiger charge is 2.37. The van der Waals surface area contributed by atoms with Crippen LogP contribution in [0.2, 0.25) is 0 Å². The summed E-state index contributed by atoms with van der Waals surface area (Å²) in [6, 6.07) is 6.23. The lowest BCUT2D eigenvalue weighted by Gasteiger charge is -2.25. The van der Waals surface area contributed by atoms with Gasteiger partial charge >= 0.3 is 24.6 Å². The van der Waals surface area contributed by atoms with Gasteiger partial charge in [0.2, 0.25) is 0 Å². The number of alkyl halides is 9. The highest BCUT2D eigenvalue weighted by Crippen LogP contribution is 2.39. The number of benzene rings is 3. The van der Waals surface area contributed by atoms with Crippen LogP contribution in [-0.4, -0.2) is 25.2 Å². The molecular weight excluding hydrogens is 564 g/mol. The number of methoxy groups -OCH3 is 2. The van der Waals surface area contributed by atoms with E-state index in [0.717, 1.165) is 25.3 Å². The van der Waals surface area contributed by atoms with Gasteiger partial charge in [0.25, 0.3) is 0 Å². The van der Waals surface area contributed by atoms with Crippen LogP contribution in [0, 0.1) is 5.82 Å². The first-order chi connectivity index (χ1) is 18.4. The van der Waals surface area contributed by atoms with Crippen molar-refractivity contribution in [1.29, 1.82) is 0 Å².